The van der Waals surface area contributed by atoms with Gasteiger partial charge < -0.3 is 39.2 Å². The quantitative estimate of drug-likeness (QED) is 0.240. The molecule has 0 saturated carbocycles. The highest BCUT2D eigenvalue weighted by molar-refractivity contribution is 5.81. The molecule has 0 aromatic heterocycles. The molecule has 0 bridgehead atoms. The van der Waals surface area contributed by atoms with Crippen molar-refractivity contribution in [3.05, 3.63) is 59.2 Å². The summed E-state index contributed by atoms with van der Waals surface area (Å²) in [5.41, 5.74) is 4.20. The molecule has 0 radical (unpaired) electrons. The molecule has 2 aliphatic rings. The highest BCUT2D eigenvalue weighted by Crippen LogP contribution is 2.36. The highest BCUT2D eigenvalue weighted by Gasteiger charge is 2.37. The molecule has 2 aliphatic heterocycles. The lowest BCUT2D eigenvalue weighted by Crippen LogP contribution is -2.50. The van der Waals surface area contributed by atoms with Gasteiger partial charge in [0.1, 0.15) is 12.4 Å². The van der Waals surface area contributed by atoms with Crippen LogP contribution < -0.4 is 20.3 Å². The van der Waals surface area contributed by atoms with Crippen LogP contribution in [0.4, 0.5) is 5.69 Å². The van der Waals surface area contributed by atoms with Crippen LogP contribution in [0.1, 0.15) is 62.6 Å². The number of nitrogens with one attached hydrogen (secondary N) is 2. The number of nitrogens with zero attached hydrogens (tertiary/aromatic N) is 1. The molecule has 1 unspecified atom stereocenters. The van der Waals surface area contributed by atoms with Gasteiger partial charge in [0.05, 0.1) is 44.8 Å². The minimum atomic E-state index is -0.466. The van der Waals surface area contributed by atoms with E-state index in [0.717, 1.165) is 68.1 Å². The molecule has 0 spiro atoms. The maximum Gasteiger partial charge on any atom is 0.225 e. The molecule has 4 rings (SSSR count). The average Bonchev–Trinajstić information content (AvgIpc) is 3.04. The van der Waals surface area contributed by atoms with Gasteiger partial charge in [-0.3, -0.25) is 4.79 Å². The van der Waals surface area contributed by atoms with Crippen molar-refractivity contribution in [2.24, 2.45) is 11.3 Å². The van der Waals surface area contributed by atoms with Crippen molar-refractivity contribution < 1.29 is 28.5 Å². The number of piperidine rings is 1. The summed E-state index contributed by atoms with van der Waals surface area (Å²) in [6.45, 7) is 12.6. The van der Waals surface area contributed by atoms with Gasteiger partial charge in [0.25, 0.3) is 0 Å². The topological polar surface area (TPSA) is 90.5 Å². The predicted molar refractivity (Wildman–Crippen MR) is 178 cm³/mol. The number of ether oxygens (including phenoxy) is 5. The molecular weight excluding hydrogens is 570 g/mol. The summed E-state index contributed by atoms with van der Waals surface area (Å²) in [4.78, 5) is 15.0. The number of methoxy groups -OCH3 is 2. The number of hydrogen-bond acceptors (Lipinski definition) is 8. The first-order valence-corrected chi connectivity index (χ1v) is 16.5. The maximum absolute atomic E-state index is 12.6. The van der Waals surface area contributed by atoms with E-state index in [2.05, 4.69) is 64.9 Å². The second kappa shape index (κ2) is 17.3. The van der Waals surface area contributed by atoms with Crippen molar-refractivity contribution in [2.45, 2.75) is 71.3 Å². The van der Waals surface area contributed by atoms with Gasteiger partial charge in [-0.15, -0.1) is 0 Å². The first kappa shape index (κ1) is 35.2. The molecule has 250 valence electrons. The van der Waals surface area contributed by atoms with Crippen molar-refractivity contribution in [1.29, 1.82) is 0 Å². The zero-order valence-corrected chi connectivity index (χ0v) is 28.2. The second-order valence-electron chi connectivity index (χ2n) is 13.3. The van der Waals surface area contributed by atoms with Gasteiger partial charge in [0, 0.05) is 64.3 Å². The molecule has 1 saturated heterocycles. The van der Waals surface area contributed by atoms with Crippen LogP contribution in [0.5, 0.6) is 5.75 Å². The van der Waals surface area contributed by atoms with E-state index in [4.69, 9.17) is 23.7 Å². The molecule has 1 fully saturated rings. The fourth-order valence-electron chi connectivity index (χ4n) is 6.51. The molecule has 2 aromatic carbocycles. The van der Waals surface area contributed by atoms with E-state index in [0.29, 0.717) is 39.0 Å². The van der Waals surface area contributed by atoms with Gasteiger partial charge >= 0.3 is 0 Å². The van der Waals surface area contributed by atoms with Crippen LogP contribution >= 0.6 is 0 Å². The SMILES string of the molecule is CNC(=O)C(C)(C)C[C@H]1C[C@H](c2ccc(COCC(C)COC)cc2)[C@@H](OCc2ccc3c(c2)N(CCCOC)CCO3)CN1. The van der Waals surface area contributed by atoms with Gasteiger partial charge in [0.15, 0.2) is 0 Å². The number of carbonyl (C=O) groups excluding carboxylic acids is 1. The summed E-state index contributed by atoms with van der Waals surface area (Å²) in [6.07, 6.45) is 2.61. The molecule has 0 aliphatic carbocycles. The Labute approximate surface area is 270 Å². The number of hydrogen-bond donors (Lipinski definition) is 2. The first-order valence-electron chi connectivity index (χ1n) is 16.5. The fourth-order valence-corrected chi connectivity index (χ4v) is 6.51. The monoisotopic (exact) mass is 625 g/mol. The highest BCUT2D eigenvalue weighted by atomic mass is 16.5. The van der Waals surface area contributed by atoms with Crippen molar-refractivity contribution >= 4 is 11.6 Å². The minimum absolute atomic E-state index is 0.00792. The van der Waals surface area contributed by atoms with E-state index in [1.165, 1.54) is 5.56 Å². The Morgan fingerprint density at radius 1 is 1.09 bits per heavy atom. The second-order valence-corrected chi connectivity index (χ2v) is 13.3. The lowest BCUT2D eigenvalue weighted by atomic mass is 9.77. The average molecular weight is 626 g/mol. The zero-order chi connectivity index (χ0) is 32.2. The van der Waals surface area contributed by atoms with Gasteiger partial charge in [-0.25, -0.2) is 0 Å². The third-order valence-electron chi connectivity index (χ3n) is 8.95. The third kappa shape index (κ3) is 10.1. The molecule has 2 N–H and O–H groups in total. The summed E-state index contributed by atoms with van der Waals surface area (Å²) >= 11 is 0. The van der Waals surface area contributed by atoms with Crippen LogP contribution in [-0.4, -0.2) is 85.4 Å². The van der Waals surface area contributed by atoms with E-state index >= 15 is 0 Å². The van der Waals surface area contributed by atoms with E-state index in [9.17, 15) is 4.79 Å². The van der Waals surface area contributed by atoms with E-state index in [1.54, 1.807) is 21.3 Å². The Hall–Kier alpha value is -2.69. The van der Waals surface area contributed by atoms with E-state index < -0.39 is 5.41 Å². The molecular formula is C36H55N3O6. The zero-order valence-electron chi connectivity index (χ0n) is 28.2. The summed E-state index contributed by atoms with van der Waals surface area (Å²) in [5.74, 6) is 1.55. The largest absolute Gasteiger partial charge is 0.490 e. The molecule has 45 heavy (non-hydrogen) atoms. The Kier molecular flexibility index (Phi) is 13.5. The van der Waals surface area contributed by atoms with E-state index in [-0.39, 0.29) is 24.0 Å². The van der Waals surface area contributed by atoms with Crippen LogP contribution in [0, 0.1) is 11.3 Å². The fraction of sp³-hybridized carbons (Fsp3) is 0.639. The maximum atomic E-state index is 12.6. The lowest BCUT2D eigenvalue weighted by molar-refractivity contribution is -0.129. The van der Waals surface area contributed by atoms with Gasteiger partial charge in [-0.05, 0) is 48.1 Å². The smallest absolute Gasteiger partial charge is 0.225 e. The molecule has 1 amide bonds. The van der Waals surface area contributed by atoms with Crippen LogP contribution in [0.15, 0.2) is 42.5 Å². The first-order chi connectivity index (χ1) is 21.7. The molecule has 2 heterocycles. The Bertz CT molecular complexity index is 1190. The normalized spacial score (nSPS) is 20.8. The Morgan fingerprint density at radius 2 is 1.87 bits per heavy atom. The van der Waals surface area contributed by atoms with Crippen LogP contribution in [0.25, 0.3) is 0 Å². The van der Waals surface area contributed by atoms with Gasteiger partial charge in [-0.2, -0.15) is 0 Å². The molecule has 4 atom stereocenters. The Balaban J connectivity index is 1.45. The number of rotatable bonds is 17. The van der Waals surface area contributed by atoms with Gasteiger partial charge in [-0.1, -0.05) is 51.1 Å². The van der Waals surface area contributed by atoms with Crippen molar-refractivity contribution in [2.75, 3.05) is 72.2 Å². The lowest BCUT2D eigenvalue weighted by Gasteiger charge is -2.40. The van der Waals surface area contributed by atoms with Crippen molar-refractivity contribution in [3.63, 3.8) is 0 Å². The summed E-state index contributed by atoms with van der Waals surface area (Å²) < 4.78 is 29.1. The minimum Gasteiger partial charge on any atom is -0.490 e. The third-order valence-corrected chi connectivity index (χ3v) is 8.95. The number of amides is 1. The Morgan fingerprint density at radius 3 is 2.60 bits per heavy atom. The van der Waals surface area contributed by atoms with Crippen molar-refractivity contribution in [1.82, 2.24) is 10.6 Å². The summed E-state index contributed by atoms with van der Waals surface area (Å²) in [6, 6.07) is 15.4. The van der Waals surface area contributed by atoms with Crippen molar-refractivity contribution in [3.8, 4) is 5.75 Å². The summed E-state index contributed by atoms with van der Waals surface area (Å²) in [7, 11) is 5.18. The van der Waals surface area contributed by atoms with Crippen LogP contribution in [0.3, 0.4) is 0 Å². The molecule has 2 aromatic rings. The number of anilines is 1. The summed E-state index contributed by atoms with van der Waals surface area (Å²) in [5, 5.41) is 6.54. The van der Waals surface area contributed by atoms with Crippen LogP contribution in [0.2, 0.25) is 0 Å². The number of benzene rings is 2. The molecule has 9 nitrogen and oxygen atoms in total. The molecule has 9 heteroatoms. The van der Waals surface area contributed by atoms with Gasteiger partial charge in [0.2, 0.25) is 5.91 Å². The van der Waals surface area contributed by atoms with Crippen LogP contribution in [-0.2, 0) is 37.0 Å². The number of fused-ring (bicyclic) bond motifs is 1. The van der Waals surface area contributed by atoms with E-state index in [1.807, 2.05) is 13.8 Å². The standard InChI is InChI=1S/C36H55N3O6/c1-26(22-42-6)23-43-24-27-8-11-29(12-9-27)31-19-30(20-36(2,3)35(40)37-4)38-21-34(31)45-25-28-10-13-33-32(18-28)39(15-17-44-33)14-7-16-41-5/h8-13,18,26,30-31,34,38H,7,14-17,19-25H2,1-6H3,(H,37,40)/t26?,30-,31-,34+/m1/s1. The predicted octanol–water partition coefficient (Wildman–Crippen LogP) is 4.91. The number of carbonyl (C=O) groups is 1.